The highest BCUT2D eigenvalue weighted by atomic mass is 16.3. The second-order valence-corrected chi connectivity index (χ2v) is 3.31. The van der Waals surface area contributed by atoms with Gasteiger partial charge in [-0.1, -0.05) is 51.1 Å². The zero-order valence-corrected chi connectivity index (χ0v) is 7.98. The Labute approximate surface area is 86.8 Å². The molecule has 0 spiro atoms. The SMILES string of the molecule is C.CCC[C@H](N)[C@H](O)c1ccccc1. The standard InChI is InChI=1S/C11H17NO.CH4/c1-2-6-10(12)11(13)9-7-4-3-5-8-9;/h3-5,7-8,10-11,13H,2,6,12H2,1H3;1H4/t10-,11+;/m0./s1. The van der Waals surface area contributed by atoms with Gasteiger partial charge in [0.25, 0.3) is 0 Å². The third-order valence-corrected chi connectivity index (χ3v) is 2.17. The number of nitrogens with two attached hydrogens (primary N) is 1. The first kappa shape index (κ1) is 13.1. The molecular formula is C12H21NO. The molecule has 1 aromatic rings. The lowest BCUT2D eigenvalue weighted by atomic mass is 10.00. The predicted molar refractivity (Wildman–Crippen MR) is 61.0 cm³/mol. The second kappa shape index (κ2) is 6.57. The molecule has 0 radical (unpaired) electrons. The number of benzene rings is 1. The fourth-order valence-corrected chi connectivity index (χ4v) is 1.39. The average molecular weight is 195 g/mol. The topological polar surface area (TPSA) is 46.2 Å². The summed E-state index contributed by atoms with van der Waals surface area (Å²) in [7, 11) is 0. The normalized spacial score (nSPS) is 14.2. The minimum absolute atomic E-state index is 0. The lowest BCUT2D eigenvalue weighted by Gasteiger charge is -2.18. The van der Waals surface area contributed by atoms with Crippen LogP contribution in [0.2, 0.25) is 0 Å². The Morgan fingerprint density at radius 3 is 2.36 bits per heavy atom. The minimum Gasteiger partial charge on any atom is -0.387 e. The van der Waals surface area contributed by atoms with E-state index < -0.39 is 6.10 Å². The van der Waals surface area contributed by atoms with Gasteiger partial charge in [0.15, 0.2) is 0 Å². The molecule has 80 valence electrons. The second-order valence-electron chi connectivity index (χ2n) is 3.31. The highest BCUT2D eigenvalue weighted by molar-refractivity contribution is 5.18. The van der Waals surface area contributed by atoms with E-state index in [0.29, 0.717) is 0 Å². The Hall–Kier alpha value is -0.860. The van der Waals surface area contributed by atoms with Gasteiger partial charge in [0.05, 0.1) is 6.10 Å². The lowest BCUT2D eigenvalue weighted by Crippen LogP contribution is -2.27. The quantitative estimate of drug-likeness (QED) is 0.775. The van der Waals surface area contributed by atoms with Gasteiger partial charge in [-0.05, 0) is 12.0 Å². The maximum Gasteiger partial charge on any atom is 0.0940 e. The summed E-state index contributed by atoms with van der Waals surface area (Å²) in [5.41, 5.74) is 6.72. The number of hydrogen-bond donors (Lipinski definition) is 2. The summed E-state index contributed by atoms with van der Waals surface area (Å²) in [6.45, 7) is 2.07. The van der Waals surface area contributed by atoms with Gasteiger partial charge in [-0.25, -0.2) is 0 Å². The Kier molecular flexibility index (Phi) is 6.17. The summed E-state index contributed by atoms with van der Waals surface area (Å²) >= 11 is 0. The fourth-order valence-electron chi connectivity index (χ4n) is 1.39. The molecule has 0 aliphatic carbocycles. The van der Waals surface area contributed by atoms with Crippen molar-refractivity contribution < 1.29 is 5.11 Å². The molecule has 2 atom stereocenters. The monoisotopic (exact) mass is 195 g/mol. The van der Waals surface area contributed by atoms with Crippen molar-refractivity contribution in [2.24, 2.45) is 5.73 Å². The van der Waals surface area contributed by atoms with E-state index in [1.165, 1.54) is 0 Å². The van der Waals surface area contributed by atoms with Crippen LogP contribution in [-0.2, 0) is 0 Å². The van der Waals surface area contributed by atoms with Gasteiger partial charge in [0.1, 0.15) is 0 Å². The molecule has 1 rings (SSSR count). The van der Waals surface area contributed by atoms with Crippen LogP contribution >= 0.6 is 0 Å². The van der Waals surface area contributed by atoms with Gasteiger partial charge in [0, 0.05) is 6.04 Å². The van der Waals surface area contributed by atoms with Crippen LogP contribution in [-0.4, -0.2) is 11.1 Å². The molecule has 0 saturated heterocycles. The van der Waals surface area contributed by atoms with Crippen molar-refractivity contribution in [3.05, 3.63) is 35.9 Å². The van der Waals surface area contributed by atoms with Gasteiger partial charge in [-0.15, -0.1) is 0 Å². The highest BCUT2D eigenvalue weighted by Gasteiger charge is 2.14. The van der Waals surface area contributed by atoms with Crippen LogP contribution in [0.15, 0.2) is 30.3 Å². The summed E-state index contributed by atoms with van der Waals surface area (Å²) in [4.78, 5) is 0. The van der Waals surface area contributed by atoms with Crippen LogP contribution in [0, 0.1) is 0 Å². The van der Waals surface area contributed by atoms with Crippen molar-refractivity contribution in [3.8, 4) is 0 Å². The van der Waals surface area contributed by atoms with Crippen LogP contribution in [0.25, 0.3) is 0 Å². The van der Waals surface area contributed by atoms with Gasteiger partial charge in [-0.2, -0.15) is 0 Å². The van der Waals surface area contributed by atoms with E-state index in [2.05, 4.69) is 6.92 Å². The van der Waals surface area contributed by atoms with Gasteiger partial charge < -0.3 is 10.8 Å². The maximum absolute atomic E-state index is 9.80. The summed E-state index contributed by atoms with van der Waals surface area (Å²) in [5, 5.41) is 9.80. The Bertz CT molecular complexity index is 235. The molecule has 0 aromatic heterocycles. The number of hydrogen-bond acceptors (Lipinski definition) is 2. The van der Waals surface area contributed by atoms with Crippen LogP contribution < -0.4 is 5.73 Å². The van der Waals surface area contributed by atoms with Crippen molar-refractivity contribution in [2.75, 3.05) is 0 Å². The molecule has 0 bridgehead atoms. The summed E-state index contributed by atoms with van der Waals surface area (Å²) < 4.78 is 0. The fraction of sp³-hybridized carbons (Fsp3) is 0.500. The average Bonchev–Trinajstić information content (AvgIpc) is 2.18. The van der Waals surface area contributed by atoms with Crippen molar-refractivity contribution in [3.63, 3.8) is 0 Å². The molecule has 0 amide bonds. The van der Waals surface area contributed by atoms with E-state index in [0.717, 1.165) is 18.4 Å². The van der Waals surface area contributed by atoms with Crippen molar-refractivity contribution in [1.29, 1.82) is 0 Å². The largest absolute Gasteiger partial charge is 0.387 e. The minimum atomic E-state index is -0.527. The Balaban J connectivity index is 0.00000169. The predicted octanol–water partition coefficient (Wildman–Crippen LogP) is 2.48. The molecule has 0 aliphatic heterocycles. The number of aliphatic hydroxyl groups is 1. The Morgan fingerprint density at radius 1 is 1.29 bits per heavy atom. The van der Waals surface area contributed by atoms with E-state index in [9.17, 15) is 5.11 Å². The summed E-state index contributed by atoms with van der Waals surface area (Å²) in [6, 6.07) is 9.42. The third kappa shape index (κ3) is 3.48. The van der Waals surface area contributed by atoms with Gasteiger partial charge in [-0.3, -0.25) is 0 Å². The van der Waals surface area contributed by atoms with E-state index >= 15 is 0 Å². The molecule has 2 heteroatoms. The molecule has 0 aliphatic rings. The summed E-state index contributed by atoms with van der Waals surface area (Å²) in [6.07, 6.45) is 1.34. The van der Waals surface area contributed by atoms with Gasteiger partial charge >= 0.3 is 0 Å². The molecule has 0 heterocycles. The van der Waals surface area contributed by atoms with Crippen LogP contribution in [0.5, 0.6) is 0 Å². The molecule has 2 nitrogen and oxygen atoms in total. The van der Waals surface area contributed by atoms with Crippen LogP contribution in [0.4, 0.5) is 0 Å². The zero-order valence-electron chi connectivity index (χ0n) is 7.98. The van der Waals surface area contributed by atoms with Crippen LogP contribution in [0.1, 0.15) is 38.9 Å². The molecule has 0 unspecified atom stereocenters. The first-order valence-electron chi connectivity index (χ1n) is 4.74. The molecule has 0 fully saturated rings. The van der Waals surface area contributed by atoms with Crippen molar-refractivity contribution in [1.82, 2.24) is 0 Å². The third-order valence-electron chi connectivity index (χ3n) is 2.17. The first-order valence-corrected chi connectivity index (χ1v) is 4.74. The van der Waals surface area contributed by atoms with E-state index in [1.54, 1.807) is 0 Å². The summed E-state index contributed by atoms with van der Waals surface area (Å²) in [5.74, 6) is 0. The van der Waals surface area contributed by atoms with E-state index in [-0.39, 0.29) is 13.5 Å². The molecule has 14 heavy (non-hydrogen) atoms. The van der Waals surface area contributed by atoms with Crippen molar-refractivity contribution >= 4 is 0 Å². The van der Waals surface area contributed by atoms with E-state index in [1.807, 2.05) is 30.3 Å². The highest BCUT2D eigenvalue weighted by Crippen LogP contribution is 2.17. The van der Waals surface area contributed by atoms with Crippen LogP contribution in [0.3, 0.4) is 0 Å². The number of rotatable bonds is 4. The maximum atomic E-state index is 9.80. The smallest absolute Gasteiger partial charge is 0.0940 e. The molecule has 3 N–H and O–H groups in total. The molecular weight excluding hydrogens is 174 g/mol. The number of aliphatic hydroxyl groups excluding tert-OH is 1. The van der Waals surface area contributed by atoms with Crippen molar-refractivity contribution in [2.45, 2.75) is 39.3 Å². The molecule has 1 aromatic carbocycles. The first-order chi connectivity index (χ1) is 6.25. The lowest BCUT2D eigenvalue weighted by molar-refractivity contribution is 0.142. The molecule has 0 saturated carbocycles. The van der Waals surface area contributed by atoms with E-state index in [4.69, 9.17) is 5.73 Å². The Morgan fingerprint density at radius 2 is 1.86 bits per heavy atom. The van der Waals surface area contributed by atoms with Gasteiger partial charge in [0.2, 0.25) is 0 Å². The zero-order chi connectivity index (χ0) is 9.68.